The summed E-state index contributed by atoms with van der Waals surface area (Å²) in [4.78, 5) is 0. The van der Waals surface area contributed by atoms with E-state index in [1.54, 1.807) is 0 Å². The minimum atomic E-state index is 0.588. The standard InChI is InChI=1S/C5H13BN2O/c6-2-1-3-7-4-5-8-9/h7-9H,1-5H2. The summed E-state index contributed by atoms with van der Waals surface area (Å²) in [5, 5.41) is 11.2. The average molecular weight is 128 g/mol. The van der Waals surface area contributed by atoms with Gasteiger partial charge in [0, 0.05) is 13.1 Å². The molecule has 0 aliphatic rings. The predicted molar refractivity (Wildman–Crippen MR) is 37.8 cm³/mol. The van der Waals surface area contributed by atoms with Crippen LogP contribution in [0.1, 0.15) is 6.42 Å². The van der Waals surface area contributed by atoms with Gasteiger partial charge in [0.15, 0.2) is 0 Å². The quantitative estimate of drug-likeness (QED) is 0.257. The zero-order valence-electron chi connectivity index (χ0n) is 5.56. The minimum absolute atomic E-state index is 0.588. The Labute approximate surface area is 57.2 Å². The molecule has 0 heterocycles. The van der Waals surface area contributed by atoms with Crippen molar-refractivity contribution in [1.82, 2.24) is 10.8 Å². The van der Waals surface area contributed by atoms with Gasteiger partial charge in [-0.05, 0) is 13.0 Å². The van der Waals surface area contributed by atoms with Crippen LogP contribution in [-0.2, 0) is 0 Å². The Bertz CT molecular complexity index is 48.2. The van der Waals surface area contributed by atoms with Crippen LogP contribution in [0.5, 0.6) is 0 Å². The van der Waals surface area contributed by atoms with Crippen LogP contribution in [0.25, 0.3) is 0 Å². The Morgan fingerprint density at radius 1 is 1.22 bits per heavy atom. The maximum atomic E-state index is 8.11. The summed E-state index contributed by atoms with van der Waals surface area (Å²) in [6.07, 6.45) is 1.71. The molecule has 9 heavy (non-hydrogen) atoms. The molecule has 2 radical (unpaired) electrons. The Kier molecular flexibility index (Phi) is 7.90. The molecular formula is C5H13BN2O. The van der Waals surface area contributed by atoms with Crippen molar-refractivity contribution in [3.05, 3.63) is 0 Å². The molecule has 0 saturated heterocycles. The van der Waals surface area contributed by atoms with Crippen molar-refractivity contribution in [2.75, 3.05) is 19.6 Å². The van der Waals surface area contributed by atoms with Gasteiger partial charge in [-0.15, -0.1) is 0 Å². The Hall–Kier alpha value is -0.0551. The maximum Gasteiger partial charge on any atom is 0.0653 e. The van der Waals surface area contributed by atoms with E-state index in [-0.39, 0.29) is 0 Å². The largest absolute Gasteiger partial charge is 0.317 e. The number of hydroxylamine groups is 1. The third-order valence-corrected chi connectivity index (χ3v) is 0.971. The van der Waals surface area contributed by atoms with Crippen LogP contribution >= 0.6 is 0 Å². The lowest BCUT2D eigenvalue weighted by Crippen LogP contribution is -2.25. The molecule has 0 amide bonds. The van der Waals surface area contributed by atoms with E-state index < -0.39 is 0 Å². The van der Waals surface area contributed by atoms with Gasteiger partial charge in [-0.1, -0.05) is 6.32 Å². The summed E-state index contributed by atoms with van der Waals surface area (Å²) in [6.45, 7) is 2.30. The average Bonchev–Trinajstić information content (AvgIpc) is 1.89. The molecule has 4 heteroatoms. The highest BCUT2D eigenvalue weighted by atomic mass is 16.5. The maximum absolute atomic E-state index is 8.11. The normalized spacial score (nSPS) is 9.89. The van der Waals surface area contributed by atoms with Gasteiger partial charge in [0.2, 0.25) is 0 Å². The third-order valence-electron chi connectivity index (χ3n) is 0.971. The van der Waals surface area contributed by atoms with Crippen LogP contribution in [0.15, 0.2) is 0 Å². The van der Waals surface area contributed by atoms with E-state index >= 15 is 0 Å². The van der Waals surface area contributed by atoms with Crippen molar-refractivity contribution in [2.45, 2.75) is 12.7 Å². The highest BCUT2D eigenvalue weighted by Crippen LogP contribution is 1.78. The minimum Gasteiger partial charge on any atom is -0.317 e. The van der Waals surface area contributed by atoms with Gasteiger partial charge in [-0.3, -0.25) is 0 Å². The summed E-state index contributed by atoms with van der Waals surface area (Å²) in [5.41, 5.74) is 2.05. The second-order valence-corrected chi connectivity index (χ2v) is 1.80. The first-order valence-corrected chi connectivity index (χ1v) is 3.19. The van der Waals surface area contributed by atoms with E-state index in [1.807, 2.05) is 0 Å². The van der Waals surface area contributed by atoms with Gasteiger partial charge in [-0.25, -0.2) is 5.48 Å². The molecule has 0 aromatic heterocycles. The zero-order valence-corrected chi connectivity index (χ0v) is 5.56. The second kappa shape index (κ2) is 7.94. The summed E-state index contributed by atoms with van der Waals surface area (Å²) in [6, 6.07) is 0. The molecule has 0 aliphatic carbocycles. The molecule has 0 unspecified atom stereocenters. The first-order chi connectivity index (χ1) is 4.41. The van der Waals surface area contributed by atoms with E-state index in [9.17, 15) is 0 Å². The topological polar surface area (TPSA) is 44.3 Å². The molecule has 0 saturated carbocycles. The van der Waals surface area contributed by atoms with Crippen molar-refractivity contribution in [3.63, 3.8) is 0 Å². The van der Waals surface area contributed by atoms with Crippen LogP contribution in [-0.4, -0.2) is 32.7 Å². The van der Waals surface area contributed by atoms with Crippen molar-refractivity contribution >= 4 is 7.85 Å². The first kappa shape index (κ1) is 8.94. The Morgan fingerprint density at radius 2 is 2.00 bits per heavy atom. The Morgan fingerprint density at radius 3 is 2.56 bits per heavy atom. The van der Waals surface area contributed by atoms with Gasteiger partial charge in [0.1, 0.15) is 0 Å². The monoisotopic (exact) mass is 128 g/mol. The fourth-order valence-electron chi connectivity index (χ4n) is 0.496. The molecule has 0 bridgehead atoms. The molecular weight excluding hydrogens is 115 g/mol. The number of hydrogen-bond acceptors (Lipinski definition) is 3. The van der Waals surface area contributed by atoms with Gasteiger partial charge >= 0.3 is 0 Å². The molecule has 0 aromatic carbocycles. The van der Waals surface area contributed by atoms with E-state index in [4.69, 9.17) is 13.1 Å². The zero-order chi connectivity index (χ0) is 6.95. The molecule has 0 atom stereocenters. The molecule has 52 valence electrons. The van der Waals surface area contributed by atoms with Gasteiger partial charge in [-0.2, -0.15) is 0 Å². The van der Waals surface area contributed by atoms with Gasteiger partial charge in [0.25, 0.3) is 0 Å². The molecule has 3 nitrogen and oxygen atoms in total. The van der Waals surface area contributed by atoms with Crippen LogP contribution in [0.2, 0.25) is 6.32 Å². The molecule has 3 N–H and O–H groups in total. The second-order valence-electron chi connectivity index (χ2n) is 1.80. The fraction of sp³-hybridized carbons (Fsp3) is 1.00. The van der Waals surface area contributed by atoms with Crippen molar-refractivity contribution in [3.8, 4) is 0 Å². The lowest BCUT2D eigenvalue weighted by Gasteiger charge is -2.00. The van der Waals surface area contributed by atoms with Crippen LogP contribution in [0, 0.1) is 0 Å². The SMILES string of the molecule is [B]CCCNCCNO. The van der Waals surface area contributed by atoms with Gasteiger partial charge < -0.3 is 10.5 Å². The van der Waals surface area contributed by atoms with E-state index in [2.05, 4.69) is 10.8 Å². The van der Waals surface area contributed by atoms with E-state index in [0.29, 0.717) is 6.54 Å². The predicted octanol–water partition coefficient (Wildman–Crippen LogP) is -0.468. The summed E-state index contributed by atoms with van der Waals surface area (Å²) < 4.78 is 0. The molecule has 0 aliphatic heterocycles. The van der Waals surface area contributed by atoms with Crippen LogP contribution in [0.4, 0.5) is 0 Å². The highest BCUT2D eigenvalue weighted by Gasteiger charge is 1.83. The Balaban J connectivity index is 2.60. The molecule has 0 fully saturated rings. The van der Waals surface area contributed by atoms with Gasteiger partial charge in [0.05, 0.1) is 7.85 Å². The lowest BCUT2D eigenvalue weighted by atomic mass is 10.0. The highest BCUT2D eigenvalue weighted by molar-refractivity contribution is 6.08. The van der Waals surface area contributed by atoms with E-state index in [0.717, 1.165) is 25.8 Å². The third kappa shape index (κ3) is 7.94. The lowest BCUT2D eigenvalue weighted by molar-refractivity contribution is 0.167. The van der Waals surface area contributed by atoms with Crippen molar-refractivity contribution in [2.24, 2.45) is 0 Å². The van der Waals surface area contributed by atoms with Crippen LogP contribution in [0.3, 0.4) is 0 Å². The fourth-order valence-corrected chi connectivity index (χ4v) is 0.496. The molecule has 0 rings (SSSR count). The number of rotatable bonds is 6. The van der Waals surface area contributed by atoms with E-state index in [1.165, 1.54) is 0 Å². The van der Waals surface area contributed by atoms with Crippen LogP contribution < -0.4 is 10.8 Å². The van der Waals surface area contributed by atoms with Crippen molar-refractivity contribution < 1.29 is 5.21 Å². The molecule has 0 aromatic rings. The van der Waals surface area contributed by atoms with Crippen molar-refractivity contribution in [1.29, 1.82) is 0 Å². The first-order valence-electron chi connectivity index (χ1n) is 3.19. The molecule has 0 spiro atoms. The smallest absolute Gasteiger partial charge is 0.0653 e. The number of nitrogens with one attached hydrogen (secondary N) is 2. The summed E-state index contributed by atoms with van der Waals surface area (Å²) in [5.74, 6) is 0. The summed E-state index contributed by atoms with van der Waals surface area (Å²) in [7, 11) is 5.24. The number of hydrogen-bond donors (Lipinski definition) is 3. The summed E-state index contributed by atoms with van der Waals surface area (Å²) >= 11 is 0.